The van der Waals surface area contributed by atoms with Crippen LogP contribution in [0.5, 0.6) is 0 Å². The van der Waals surface area contributed by atoms with E-state index in [1.54, 1.807) is 30.3 Å². The summed E-state index contributed by atoms with van der Waals surface area (Å²) in [6.07, 6.45) is -4.90. The first-order valence-electron chi connectivity index (χ1n) is 8.36. The van der Waals surface area contributed by atoms with Crippen molar-refractivity contribution in [2.45, 2.75) is 12.6 Å². The minimum Gasteiger partial charge on any atom is -0.292 e. The van der Waals surface area contributed by atoms with E-state index in [9.17, 15) is 18.0 Å². The zero-order valence-electron chi connectivity index (χ0n) is 14.6. The van der Waals surface area contributed by atoms with Crippen LogP contribution in [0.4, 0.5) is 13.2 Å². The summed E-state index contributed by atoms with van der Waals surface area (Å²) in [5, 5.41) is 12.8. The average Bonchev–Trinajstić information content (AvgIpc) is 3.11. The van der Waals surface area contributed by atoms with Crippen LogP contribution in [0.1, 0.15) is 21.9 Å². The third-order valence-electron chi connectivity index (χ3n) is 4.07. The lowest BCUT2D eigenvalue weighted by atomic mass is 10.1. The highest BCUT2D eigenvalue weighted by molar-refractivity contribution is 6.30. The lowest BCUT2D eigenvalue weighted by molar-refractivity contribution is -0.141. The van der Waals surface area contributed by atoms with Crippen LogP contribution in [0.15, 0.2) is 54.6 Å². The number of carbonyl (C=O) groups excluding carboxylic acids is 1. The molecule has 0 fully saturated rings. The van der Waals surface area contributed by atoms with Gasteiger partial charge < -0.3 is 0 Å². The first-order valence-corrected chi connectivity index (χ1v) is 8.74. The molecule has 10 heteroatoms. The molecule has 0 aliphatic heterocycles. The summed E-state index contributed by atoms with van der Waals surface area (Å²) in [4.78, 5) is 16.1. The van der Waals surface area contributed by atoms with Crippen molar-refractivity contribution in [1.29, 1.82) is 0 Å². The van der Waals surface area contributed by atoms with Crippen LogP contribution >= 0.6 is 11.6 Å². The molecule has 0 atom stereocenters. The van der Waals surface area contributed by atoms with Gasteiger partial charge in [-0.15, -0.1) is 10.2 Å². The Morgan fingerprint density at radius 2 is 1.83 bits per heavy atom. The Kier molecular flexibility index (Phi) is 4.75. The van der Waals surface area contributed by atoms with Crippen LogP contribution in [-0.4, -0.2) is 30.6 Å². The third kappa shape index (κ3) is 3.95. The summed E-state index contributed by atoms with van der Waals surface area (Å²) in [5.41, 5.74) is 0.0777. The number of ketones is 1. The van der Waals surface area contributed by atoms with E-state index in [-0.39, 0.29) is 17.8 Å². The van der Waals surface area contributed by atoms with Crippen molar-refractivity contribution >= 4 is 23.0 Å². The summed E-state index contributed by atoms with van der Waals surface area (Å²) < 4.78 is 39.8. The van der Waals surface area contributed by atoms with E-state index < -0.39 is 17.7 Å². The van der Waals surface area contributed by atoms with Gasteiger partial charge in [-0.2, -0.15) is 22.8 Å². The van der Waals surface area contributed by atoms with Gasteiger partial charge in [0.25, 0.3) is 0 Å². The predicted octanol–water partition coefficient (Wildman–Crippen LogP) is 4.28. The molecule has 4 aromatic rings. The average molecular weight is 418 g/mol. The van der Waals surface area contributed by atoms with Gasteiger partial charge in [0.15, 0.2) is 17.3 Å². The van der Waals surface area contributed by atoms with Crippen LogP contribution < -0.4 is 0 Å². The Labute approximate surface area is 167 Å². The number of nitrogens with zero attached hydrogens (tertiary/aromatic N) is 5. The van der Waals surface area contributed by atoms with Crippen LogP contribution in [0, 0.1) is 0 Å². The van der Waals surface area contributed by atoms with Crippen molar-refractivity contribution in [3.8, 4) is 11.4 Å². The standard InChI is InChI=1S/C19H11ClF3N5O/c20-12-4-1-3-11(9-12)18-26-25-17-8-7-14(27-28(17)18)15(29)10-13-5-2-6-16(24-13)19(21,22)23/h1-9H,10H2. The third-order valence-corrected chi connectivity index (χ3v) is 4.31. The molecule has 1 aromatic carbocycles. The molecule has 0 N–H and O–H groups in total. The molecule has 3 heterocycles. The Morgan fingerprint density at radius 3 is 2.59 bits per heavy atom. The summed E-state index contributed by atoms with van der Waals surface area (Å²) in [5.74, 6) is -0.0983. The minimum atomic E-state index is -4.58. The fourth-order valence-electron chi connectivity index (χ4n) is 2.74. The van der Waals surface area contributed by atoms with E-state index in [2.05, 4.69) is 20.3 Å². The number of pyridine rings is 1. The minimum absolute atomic E-state index is 0.00513. The number of fused-ring (bicyclic) bond motifs is 1. The van der Waals surface area contributed by atoms with Gasteiger partial charge in [-0.05, 0) is 36.4 Å². The zero-order chi connectivity index (χ0) is 20.6. The van der Waals surface area contributed by atoms with Gasteiger partial charge in [0.1, 0.15) is 11.4 Å². The topological polar surface area (TPSA) is 73.0 Å². The maximum Gasteiger partial charge on any atom is 0.433 e. The molecule has 0 radical (unpaired) electrons. The molecule has 0 aliphatic rings. The second-order valence-electron chi connectivity index (χ2n) is 6.13. The van der Waals surface area contributed by atoms with E-state index in [1.807, 2.05) is 0 Å². The molecule has 0 bridgehead atoms. The van der Waals surface area contributed by atoms with Crippen molar-refractivity contribution in [3.05, 3.63) is 76.7 Å². The molecule has 0 saturated carbocycles. The predicted molar refractivity (Wildman–Crippen MR) is 98.5 cm³/mol. The lowest BCUT2D eigenvalue weighted by Crippen LogP contribution is -2.13. The molecule has 0 saturated heterocycles. The number of halogens is 4. The van der Waals surface area contributed by atoms with Gasteiger partial charge in [0.05, 0.1) is 6.42 Å². The number of hydrogen-bond donors (Lipinski definition) is 0. The van der Waals surface area contributed by atoms with Crippen molar-refractivity contribution in [2.75, 3.05) is 0 Å². The second-order valence-corrected chi connectivity index (χ2v) is 6.57. The highest BCUT2D eigenvalue weighted by Gasteiger charge is 2.32. The van der Waals surface area contributed by atoms with Gasteiger partial charge >= 0.3 is 6.18 Å². The van der Waals surface area contributed by atoms with Crippen LogP contribution in [0.2, 0.25) is 5.02 Å². The Bertz CT molecular complexity index is 1220. The number of aromatic nitrogens is 5. The second kappa shape index (κ2) is 7.25. The lowest BCUT2D eigenvalue weighted by Gasteiger charge is -2.07. The van der Waals surface area contributed by atoms with E-state index in [0.29, 0.717) is 22.1 Å². The molecule has 3 aromatic heterocycles. The normalized spacial score (nSPS) is 11.7. The molecule has 0 amide bonds. The van der Waals surface area contributed by atoms with Gasteiger partial charge in [-0.25, -0.2) is 4.98 Å². The van der Waals surface area contributed by atoms with Gasteiger partial charge in [-0.3, -0.25) is 4.79 Å². The Hall–Kier alpha value is -3.33. The van der Waals surface area contributed by atoms with Crippen molar-refractivity contribution in [3.63, 3.8) is 0 Å². The van der Waals surface area contributed by atoms with Crippen molar-refractivity contribution in [2.24, 2.45) is 0 Å². The molecule has 0 spiro atoms. The SMILES string of the molecule is O=C(Cc1cccc(C(F)(F)F)n1)c1ccc2nnc(-c3cccc(Cl)c3)n2n1. The van der Waals surface area contributed by atoms with Crippen LogP contribution in [-0.2, 0) is 12.6 Å². The zero-order valence-corrected chi connectivity index (χ0v) is 15.3. The first kappa shape index (κ1) is 19.0. The summed E-state index contributed by atoms with van der Waals surface area (Å²) in [6, 6.07) is 13.3. The van der Waals surface area contributed by atoms with Crippen LogP contribution in [0.3, 0.4) is 0 Å². The first-order chi connectivity index (χ1) is 13.8. The van der Waals surface area contributed by atoms with E-state index >= 15 is 0 Å². The maximum atomic E-state index is 12.8. The monoisotopic (exact) mass is 417 g/mol. The molecule has 4 rings (SSSR count). The van der Waals surface area contributed by atoms with E-state index in [4.69, 9.17) is 11.6 Å². The van der Waals surface area contributed by atoms with Crippen LogP contribution in [0.25, 0.3) is 17.0 Å². The van der Waals surface area contributed by atoms with E-state index in [1.165, 1.54) is 22.7 Å². The fourth-order valence-corrected chi connectivity index (χ4v) is 2.93. The number of benzene rings is 1. The molecule has 6 nitrogen and oxygen atoms in total. The van der Waals surface area contributed by atoms with Gasteiger partial charge in [0.2, 0.25) is 0 Å². The van der Waals surface area contributed by atoms with Crippen molar-refractivity contribution < 1.29 is 18.0 Å². The highest BCUT2D eigenvalue weighted by atomic mass is 35.5. The highest BCUT2D eigenvalue weighted by Crippen LogP contribution is 2.27. The molecule has 29 heavy (non-hydrogen) atoms. The fraction of sp³-hybridized carbons (Fsp3) is 0.105. The number of rotatable bonds is 4. The van der Waals surface area contributed by atoms with E-state index in [0.717, 1.165) is 6.07 Å². The van der Waals surface area contributed by atoms with Gasteiger partial charge in [-0.1, -0.05) is 29.8 Å². The number of alkyl halides is 3. The molecular weight excluding hydrogens is 407 g/mol. The number of carbonyl (C=O) groups is 1. The smallest absolute Gasteiger partial charge is 0.292 e. The quantitative estimate of drug-likeness (QED) is 0.463. The maximum absolute atomic E-state index is 12.8. The molecule has 0 unspecified atom stereocenters. The number of Topliss-reactive ketones (excluding diaryl/α,β-unsaturated/α-hetero) is 1. The Morgan fingerprint density at radius 1 is 1.03 bits per heavy atom. The Balaban J connectivity index is 1.66. The van der Waals surface area contributed by atoms with Crippen molar-refractivity contribution in [1.82, 2.24) is 24.8 Å². The molecule has 146 valence electrons. The largest absolute Gasteiger partial charge is 0.433 e. The summed E-state index contributed by atoms with van der Waals surface area (Å²) in [7, 11) is 0. The molecule has 0 aliphatic carbocycles. The van der Waals surface area contributed by atoms with Gasteiger partial charge in [0, 0.05) is 16.3 Å². The number of hydrogen-bond acceptors (Lipinski definition) is 5. The molecular formula is C19H11ClF3N5O. The summed E-state index contributed by atoms with van der Waals surface area (Å²) in [6.45, 7) is 0. The summed E-state index contributed by atoms with van der Waals surface area (Å²) >= 11 is 6.01.